The molecule has 18 heavy (non-hydrogen) atoms. The number of urea groups is 1. The number of rotatable bonds is 3. The third kappa shape index (κ3) is 2.79. The highest BCUT2D eigenvalue weighted by atomic mass is 19.1. The first-order valence-electron chi connectivity index (χ1n) is 5.95. The maximum Gasteiger partial charge on any atom is 0.318 e. The molecule has 1 aromatic rings. The van der Waals surface area contributed by atoms with E-state index in [0.29, 0.717) is 18.7 Å². The van der Waals surface area contributed by atoms with E-state index in [-0.39, 0.29) is 17.9 Å². The van der Waals surface area contributed by atoms with E-state index in [4.69, 9.17) is 5.73 Å². The monoisotopic (exact) mass is 251 g/mol. The van der Waals surface area contributed by atoms with Gasteiger partial charge in [0, 0.05) is 24.2 Å². The van der Waals surface area contributed by atoms with Crippen LogP contribution in [0.25, 0.3) is 0 Å². The zero-order chi connectivity index (χ0) is 13.3. The van der Waals surface area contributed by atoms with Crippen molar-refractivity contribution in [3.63, 3.8) is 0 Å². The molecule has 2 rings (SSSR count). The topological polar surface area (TPSA) is 58.4 Å². The third-order valence-corrected chi connectivity index (χ3v) is 2.87. The van der Waals surface area contributed by atoms with E-state index in [1.165, 1.54) is 6.07 Å². The van der Waals surface area contributed by atoms with Crippen molar-refractivity contribution < 1.29 is 9.18 Å². The minimum absolute atomic E-state index is 0.193. The summed E-state index contributed by atoms with van der Waals surface area (Å²) in [7, 11) is 0. The van der Waals surface area contributed by atoms with Crippen LogP contribution in [0, 0.1) is 5.82 Å². The number of carbonyl (C=O) groups excluding carboxylic acids is 1. The van der Waals surface area contributed by atoms with Gasteiger partial charge in [0.1, 0.15) is 5.82 Å². The second kappa shape index (κ2) is 4.57. The number of carbonyl (C=O) groups is 1. The summed E-state index contributed by atoms with van der Waals surface area (Å²) in [6.07, 6.45) is 0. The Balaban J connectivity index is 2.12. The lowest BCUT2D eigenvalue weighted by Gasteiger charge is -2.25. The molecule has 5 heteroatoms. The van der Waals surface area contributed by atoms with Gasteiger partial charge in [0.15, 0.2) is 0 Å². The van der Waals surface area contributed by atoms with E-state index in [0.717, 1.165) is 0 Å². The van der Waals surface area contributed by atoms with Gasteiger partial charge in [-0.15, -0.1) is 0 Å². The highest BCUT2D eigenvalue weighted by Crippen LogP contribution is 2.23. The molecule has 4 nitrogen and oxygen atoms in total. The average Bonchev–Trinajstić information content (AvgIpc) is 2.58. The van der Waals surface area contributed by atoms with Crippen LogP contribution in [0.4, 0.5) is 9.18 Å². The van der Waals surface area contributed by atoms with Crippen LogP contribution in [0.1, 0.15) is 25.5 Å². The summed E-state index contributed by atoms with van der Waals surface area (Å²) in [6, 6.07) is 5.99. The van der Waals surface area contributed by atoms with Crippen LogP contribution in [0.15, 0.2) is 24.3 Å². The molecule has 0 bridgehead atoms. The largest absolute Gasteiger partial charge is 0.329 e. The lowest BCUT2D eigenvalue weighted by Crippen LogP contribution is -2.46. The van der Waals surface area contributed by atoms with Crippen LogP contribution in [-0.4, -0.2) is 29.6 Å². The number of nitrogens with two attached hydrogens (primary N) is 1. The van der Waals surface area contributed by atoms with Crippen molar-refractivity contribution >= 4 is 6.03 Å². The molecule has 0 aliphatic carbocycles. The Bertz CT molecular complexity index is 456. The average molecular weight is 251 g/mol. The quantitative estimate of drug-likeness (QED) is 0.857. The molecule has 1 aliphatic heterocycles. The van der Waals surface area contributed by atoms with Gasteiger partial charge >= 0.3 is 6.03 Å². The van der Waals surface area contributed by atoms with Crippen molar-refractivity contribution in [1.82, 2.24) is 10.2 Å². The maximum absolute atomic E-state index is 13.6. The summed E-state index contributed by atoms with van der Waals surface area (Å²) < 4.78 is 13.6. The molecule has 1 aromatic carbocycles. The zero-order valence-corrected chi connectivity index (χ0v) is 10.6. The molecule has 0 saturated carbocycles. The summed E-state index contributed by atoms with van der Waals surface area (Å²) in [5, 5.41) is 2.78. The van der Waals surface area contributed by atoms with E-state index in [1.807, 2.05) is 13.8 Å². The Labute approximate surface area is 106 Å². The van der Waals surface area contributed by atoms with Crippen molar-refractivity contribution in [2.45, 2.75) is 25.4 Å². The van der Waals surface area contributed by atoms with Crippen LogP contribution in [0.5, 0.6) is 0 Å². The highest BCUT2D eigenvalue weighted by molar-refractivity contribution is 5.77. The van der Waals surface area contributed by atoms with Gasteiger partial charge in [0.2, 0.25) is 0 Å². The standard InChI is InChI=1S/C13H18FN3O/c1-13(2,15)8-17-7-11(16-12(17)18)9-5-3-4-6-10(9)14/h3-6,11H,7-8,15H2,1-2H3,(H,16,18). The Morgan fingerprint density at radius 3 is 2.78 bits per heavy atom. The van der Waals surface area contributed by atoms with Gasteiger partial charge in [-0.25, -0.2) is 9.18 Å². The summed E-state index contributed by atoms with van der Waals surface area (Å²) in [6.45, 7) is 4.61. The predicted octanol–water partition coefficient (Wildman–Crippen LogP) is 1.63. The van der Waals surface area contributed by atoms with Gasteiger partial charge in [-0.3, -0.25) is 0 Å². The number of nitrogens with one attached hydrogen (secondary N) is 1. The molecule has 1 fully saturated rings. The normalized spacial score (nSPS) is 20.1. The first-order chi connectivity index (χ1) is 8.37. The minimum Gasteiger partial charge on any atom is -0.329 e. The Hall–Kier alpha value is -1.62. The molecule has 98 valence electrons. The molecule has 0 radical (unpaired) electrons. The molecule has 0 spiro atoms. The molecule has 0 aromatic heterocycles. The second-order valence-corrected chi connectivity index (χ2v) is 5.39. The molecule has 2 amide bonds. The van der Waals surface area contributed by atoms with Crippen molar-refractivity contribution in [1.29, 1.82) is 0 Å². The molecular formula is C13H18FN3O. The van der Waals surface area contributed by atoms with Crippen LogP contribution in [0.2, 0.25) is 0 Å². The van der Waals surface area contributed by atoms with E-state index >= 15 is 0 Å². The van der Waals surface area contributed by atoms with Crippen molar-refractivity contribution in [2.24, 2.45) is 5.73 Å². The van der Waals surface area contributed by atoms with Gasteiger partial charge in [-0.1, -0.05) is 18.2 Å². The molecule has 1 unspecified atom stereocenters. The number of amides is 2. The van der Waals surface area contributed by atoms with Gasteiger partial charge in [0.05, 0.1) is 6.04 Å². The van der Waals surface area contributed by atoms with E-state index in [1.54, 1.807) is 23.1 Å². The van der Waals surface area contributed by atoms with Crippen molar-refractivity contribution in [3.05, 3.63) is 35.6 Å². The van der Waals surface area contributed by atoms with E-state index in [2.05, 4.69) is 5.32 Å². The number of benzene rings is 1. The van der Waals surface area contributed by atoms with Crippen LogP contribution in [0.3, 0.4) is 0 Å². The van der Waals surface area contributed by atoms with E-state index < -0.39 is 5.54 Å². The maximum atomic E-state index is 13.6. The summed E-state index contributed by atoms with van der Waals surface area (Å²) >= 11 is 0. The second-order valence-electron chi connectivity index (χ2n) is 5.39. The first kappa shape index (κ1) is 12.8. The number of hydrogen-bond donors (Lipinski definition) is 2. The van der Waals surface area contributed by atoms with Gasteiger partial charge in [-0.2, -0.15) is 0 Å². The van der Waals surface area contributed by atoms with Gasteiger partial charge in [0.25, 0.3) is 0 Å². The third-order valence-electron chi connectivity index (χ3n) is 2.87. The first-order valence-corrected chi connectivity index (χ1v) is 5.95. The fourth-order valence-corrected chi connectivity index (χ4v) is 2.15. The van der Waals surface area contributed by atoms with Crippen LogP contribution >= 0.6 is 0 Å². The van der Waals surface area contributed by atoms with E-state index in [9.17, 15) is 9.18 Å². The molecule has 1 aliphatic rings. The molecule has 3 N–H and O–H groups in total. The molecule has 1 atom stereocenters. The highest BCUT2D eigenvalue weighted by Gasteiger charge is 2.33. The van der Waals surface area contributed by atoms with Gasteiger partial charge < -0.3 is 16.0 Å². The van der Waals surface area contributed by atoms with Crippen molar-refractivity contribution in [3.8, 4) is 0 Å². The Morgan fingerprint density at radius 2 is 2.17 bits per heavy atom. The smallest absolute Gasteiger partial charge is 0.318 e. The summed E-state index contributed by atoms with van der Waals surface area (Å²) in [5.41, 5.74) is 5.96. The molecule has 1 heterocycles. The summed E-state index contributed by atoms with van der Waals surface area (Å²) in [5.74, 6) is -0.295. The molecule has 1 saturated heterocycles. The Kier molecular flexibility index (Phi) is 3.26. The van der Waals surface area contributed by atoms with Gasteiger partial charge in [-0.05, 0) is 19.9 Å². The zero-order valence-electron chi connectivity index (χ0n) is 10.6. The number of halogens is 1. The lowest BCUT2D eigenvalue weighted by atomic mass is 10.1. The van der Waals surface area contributed by atoms with Crippen LogP contribution < -0.4 is 11.1 Å². The summed E-state index contributed by atoms with van der Waals surface area (Å²) in [4.78, 5) is 13.4. The predicted molar refractivity (Wildman–Crippen MR) is 67.5 cm³/mol. The minimum atomic E-state index is -0.457. The Morgan fingerprint density at radius 1 is 1.50 bits per heavy atom. The SMILES string of the molecule is CC(C)(N)CN1CC(c2ccccc2F)NC1=O. The van der Waals surface area contributed by atoms with Crippen LogP contribution in [-0.2, 0) is 0 Å². The fourth-order valence-electron chi connectivity index (χ4n) is 2.15. The fraction of sp³-hybridized carbons (Fsp3) is 0.462. The number of hydrogen-bond acceptors (Lipinski definition) is 2. The molecular weight excluding hydrogens is 233 g/mol. The van der Waals surface area contributed by atoms with Crippen molar-refractivity contribution in [2.75, 3.05) is 13.1 Å². The number of nitrogens with zero attached hydrogens (tertiary/aromatic N) is 1. The lowest BCUT2D eigenvalue weighted by molar-refractivity contribution is 0.207.